The lowest BCUT2D eigenvalue weighted by Crippen LogP contribution is -2.37. The fraction of sp³-hybridized carbons (Fsp3) is 0.625. The van der Waals surface area contributed by atoms with Crippen LogP contribution in [0.3, 0.4) is 0 Å². The van der Waals surface area contributed by atoms with Crippen molar-refractivity contribution < 1.29 is 8.42 Å². The maximum Gasteiger partial charge on any atom is 0.240 e. The van der Waals surface area contributed by atoms with Gasteiger partial charge >= 0.3 is 0 Å². The van der Waals surface area contributed by atoms with Crippen LogP contribution >= 0.6 is 0 Å². The third kappa shape index (κ3) is 5.77. The van der Waals surface area contributed by atoms with Crippen molar-refractivity contribution in [2.45, 2.75) is 64.6 Å². The van der Waals surface area contributed by atoms with E-state index in [-0.39, 0.29) is 12.0 Å². The normalized spacial score (nSPS) is 13.9. The summed E-state index contributed by atoms with van der Waals surface area (Å²) < 4.78 is 27.5. The van der Waals surface area contributed by atoms with E-state index in [0.29, 0.717) is 10.9 Å². The molecule has 1 atom stereocenters. The number of nitrogens with one attached hydrogen (secondary N) is 2. The molecular weight excluding hydrogens is 284 g/mol. The van der Waals surface area contributed by atoms with Crippen molar-refractivity contribution in [1.29, 1.82) is 0 Å². The molecule has 0 radical (unpaired) electrons. The highest BCUT2D eigenvalue weighted by atomic mass is 32.2. The minimum atomic E-state index is -3.44. The quantitative estimate of drug-likeness (QED) is 0.776. The van der Waals surface area contributed by atoms with Gasteiger partial charge in [0, 0.05) is 18.6 Å². The first-order chi connectivity index (χ1) is 9.76. The summed E-state index contributed by atoms with van der Waals surface area (Å²) in [5.41, 5.74) is 1.08. The maximum atomic E-state index is 12.4. The molecule has 1 aromatic carbocycles. The molecule has 0 bridgehead atoms. The highest BCUT2D eigenvalue weighted by Crippen LogP contribution is 2.14. The molecule has 2 N–H and O–H groups in total. The van der Waals surface area contributed by atoms with Gasteiger partial charge in [-0.3, -0.25) is 0 Å². The third-order valence-electron chi connectivity index (χ3n) is 3.50. The summed E-state index contributed by atoms with van der Waals surface area (Å²) in [6.07, 6.45) is 0.785. The Balaban J connectivity index is 2.80. The average molecular weight is 312 g/mol. The van der Waals surface area contributed by atoms with Gasteiger partial charge in [-0.1, -0.05) is 46.8 Å². The van der Waals surface area contributed by atoms with Gasteiger partial charge in [0.05, 0.1) is 4.90 Å². The highest BCUT2D eigenvalue weighted by molar-refractivity contribution is 7.89. The smallest absolute Gasteiger partial charge is 0.240 e. The van der Waals surface area contributed by atoms with Crippen molar-refractivity contribution in [2.24, 2.45) is 5.92 Å². The van der Waals surface area contributed by atoms with Crippen molar-refractivity contribution in [3.63, 3.8) is 0 Å². The van der Waals surface area contributed by atoms with Gasteiger partial charge in [-0.05, 0) is 30.0 Å². The zero-order chi connectivity index (χ0) is 16.0. The second kappa shape index (κ2) is 7.92. The van der Waals surface area contributed by atoms with Crippen LogP contribution in [0.1, 0.15) is 46.6 Å². The van der Waals surface area contributed by atoms with Crippen LogP contribution in [-0.4, -0.2) is 20.5 Å². The Hall–Kier alpha value is -0.910. The van der Waals surface area contributed by atoms with E-state index in [1.165, 1.54) is 0 Å². The fourth-order valence-corrected chi connectivity index (χ4v) is 3.53. The fourth-order valence-electron chi connectivity index (χ4n) is 2.07. The van der Waals surface area contributed by atoms with Gasteiger partial charge in [-0.2, -0.15) is 0 Å². The monoisotopic (exact) mass is 312 g/mol. The Morgan fingerprint density at radius 3 is 2.05 bits per heavy atom. The summed E-state index contributed by atoms with van der Waals surface area (Å²) in [6, 6.07) is 7.45. The summed E-state index contributed by atoms with van der Waals surface area (Å²) in [5, 5.41) is 3.31. The van der Waals surface area contributed by atoms with Crippen LogP contribution < -0.4 is 10.0 Å². The number of rotatable bonds is 8. The molecule has 0 amide bonds. The van der Waals surface area contributed by atoms with E-state index >= 15 is 0 Å². The molecule has 0 aliphatic carbocycles. The highest BCUT2D eigenvalue weighted by Gasteiger charge is 2.20. The lowest BCUT2D eigenvalue weighted by atomic mass is 10.0. The van der Waals surface area contributed by atoms with E-state index < -0.39 is 10.0 Å². The molecule has 21 heavy (non-hydrogen) atoms. The Morgan fingerprint density at radius 1 is 1.05 bits per heavy atom. The third-order valence-corrected chi connectivity index (χ3v) is 5.00. The molecule has 0 aromatic heterocycles. The molecule has 1 aromatic rings. The number of sulfonamides is 1. The van der Waals surface area contributed by atoms with E-state index in [0.717, 1.165) is 18.5 Å². The lowest BCUT2D eigenvalue weighted by Gasteiger charge is -2.20. The van der Waals surface area contributed by atoms with E-state index in [4.69, 9.17) is 0 Å². The van der Waals surface area contributed by atoms with Gasteiger partial charge in [0.2, 0.25) is 10.0 Å². The second-order valence-electron chi connectivity index (χ2n) is 6.06. The van der Waals surface area contributed by atoms with Crippen LogP contribution in [0.2, 0.25) is 0 Å². The van der Waals surface area contributed by atoms with Crippen LogP contribution in [0.4, 0.5) is 0 Å². The molecular formula is C16H28N2O2S. The van der Waals surface area contributed by atoms with Crippen molar-refractivity contribution in [3.8, 4) is 0 Å². The first-order valence-electron chi connectivity index (χ1n) is 7.61. The van der Waals surface area contributed by atoms with Crippen LogP contribution in [0.5, 0.6) is 0 Å². The Labute approximate surface area is 129 Å². The Bertz CT molecular complexity index is 522. The Kier molecular flexibility index (Phi) is 6.84. The van der Waals surface area contributed by atoms with Crippen LogP contribution in [0, 0.1) is 5.92 Å². The molecule has 4 nitrogen and oxygen atoms in total. The lowest BCUT2D eigenvalue weighted by molar-refractivity contribution is 0.437. The van der Waals surface area contributed by atoms with Crippen molar-refractivity contribution in [3.05, 3.63) is 29.8 Å². The van der Waals surface area contributed by atoms with Crippen molar-refractivity contribution in [1.82, 2.24) is 10.0 Å². The maximum absolute atomic E-state index is 12.4. The van der Waals surface area contributed by atoms with Gasteiger partial charge < -0.3 is 5.32 Å². The van der Waals surface area contributed by atoms with Crippen LogP contribution in [-0.2, 0) is 16.6 Å². The largest absolute Gasteiger partial charge is 0.310 e. The van der Waals surface area contributed by atoms with Gasteiger partial charge in [0.1, 0.15) is 0 Å². The molecule has 0 aliphatic heterocycles. The molecule has 1 unspecified atom stereocenters. The molecule has 1 rings (SSSR count). The van der Waals surface area contributed by atoms with E-state index in [2.05, 4.69) is 23.9 Å². The van der Waals surface area contributed by atoms with Crippen LogP contribution in [0.25, 0.3) is 0 Å². The summed E-state index contributed by atoms with van der Waals surface area (Å²) in [5.74, 6) is 0.277. The first-order valence-corrected chi connectivity index (χ1v) is 9.09. The molecule has 0 saturated carbocycles. The zero-order valence-corrected chi connectivity index (χ0v) is 14.5. The summed E-state index contributed by atoms with van der Waals surface area (Å²) in [4.78, 5) is 0.329. The molecule has 0 spiro atoms. The topological polar surface area (TPSA) is 58.2 Å². The predicted octanol–water partition coefficient (Wildman–Crippen LogP) is 2.90. The Morgan fingerprint density at radius 2 is 1.62 bits per heavy atom. The molecule has 0 saturated heterocycles. The average Bonchev–Trinajstić information content (AvgIpc) is 2.42. The minimum Gasteiger partial charge on any atom is -0.310 e. The van der Waals surface area contributed by atoms with Crippen LogP contribution in [0.15, 0.2) is 29.2 Å². The minimum absolute atomic E-state index is 0.0303. The number of hydrogen-bond donors (Lipinski definition) is 2. The second-order valence-corrected chi connectivity index (χ2v) is 7.77. The van der Waals surface area contributed by atoms with Gasteiger partial charge in [0.15, 0.2) is 0 Å². The molecule has 120 valence electrons. The summed E-state index contributed by atoms with van der Waals surface area (Å²) in [6.45, 7) is 11.0. The summed E-state index contributed by atoms with van der Waals surface area (Å²) in [7, 11) is -3.44. The number of hydrogen-bond acceptors (Lipinski definition) is 3. The molecule has 5 heteroatoms. The van der Waals surface area contributed by atoms with Gasteiger partial charge in [-0.15, -0.1) is 0 Å². The number of benzene rings is 1. The van der Waals surface area contributed by atoms with Gasteiger partial charge in [-0.25, -0.2) is 13.1 Å². The summed E-state index contributed by atoms with van der Waals surface area (Å²) >= 11 is 0. The molecule has 0 heterocycles. The van der Waals surface area contributed by atoms with E-state index in [1.54, 1.807) is 12.1 Å². The van der Waals surface area contributed by atoms with E-state index in [1.807, 2.05) is 32.9 Å². The molecule has 0 fully saturated rings. The van der Waals surface area contributed by atoms with E-state index in [9.17, 15) is 8.42 Å². The molecule has 0 aliphatic rings. The predicted molar refractivity (Wildman–Crippen MR) is 87.7 cm³/mol. The standard InChI is InChI=1S/C16H28N2O2S/c1-6-16(12(2)3)18-21(19,20)15-9-7-14(8-10-15)11-17-13(4)5/h7-10,12-13,16-18H,6,11H2,1-5H3. The van der Waals surface area contributed by atoms with Crippen molar-refractivity contribution >= 4 is 10.0 Å². The SMILES string of the molecule is CCC(NS(=O)(=O)c1ccc(CNC(C)C)cc1)C(C)C. The van der Waals surface area contributed by atoms with Gasteiger partial charge in [0.25, 0.3) is 0 Å². The van der Waals surface area contributed by atoms with Crippen molar-refractivity contribution in [2.75, 3.05) is 0 Å². The zero-order valence-electron chi connectivity index (χ0n) is 13.7. The first kappa shape index (κ1) is 18.1.